The van der Waals surface area contributed by atoms with Crippen molar-refractivity contribution in [2.75, 3.05) is 24.2 Å². The molecule has 0 N–H and O–H groups in total. The maximum atomic E-state index is 11.7. The molecule has 0 bridgehead atoms. The van der Waals surface area contributed by atoms with Crippen molar-refractivity contribution in [1.29, 1.82) is 0 Å². The predicted octanol–water partition coefficient (Wildman–Crippen LogP) is 4.50. The molecule has 0 saturated carbocycles. The highest BCUT2D eigenvalue weighted by Gasteiger charge is 2.24. The lowest BCUT2D eigenvalue weighted by Gasteiger charge is -2.31. The van der Waals surface area contributed by atoms with Gasteiger partial charge in [0.2, 0.25) is 11.8 Å². The average Bonchev–Trinajstić information content (AvgIpc) is 3.30. The van der Waals surface area contributed by atoms with Crippen LogP contribution < -0.4 is 9.64 Å². The Hall–Kier alpha value is -2.91. The predicted molar refractivity (Wildman–Crippen MR) is 132 cm³/mol. The molecule has 1 atom stereocenters. The molecular weight excluding hydrogens is 454 g/mol. The molecule has 5 rings (SSSR count). The summed E-state index contributed by atoms with van der Waals surface area (Å²) in [5.74, 6) is 1.43. The highest BCUT2D eigenvalue weighted by Crippen LogP contribution is 2.37. The number of anilines is 1. The van der Waals surface area contributed by atoms with Crippen molar-refractivity contribution in [2.45, 2.75) is 37.2 Å². The van der Waals surface area contributed by atoms with Crippen molar-refractivity contribution in [3.8, 4) is 17.0 Å². The van der Waals surface area contributed by atoms with Gasteiger partial charge in [-0.2, -0.15) is 0 Å². The number of aromatic nitrogens is 4. The van der Waals surface area contributed by atoms with Crippen LogP contribution in [0.15, 0.2) is 53.3 Å². The third kappa shape index (κ3) is 4.60. The molecule has 170 valence electrons. The Morgan fingerprint density at radius 3 is 2.48 bits per heavy atom. The van der Waals surface area contributed by atoms with Crippen molar-refractivity contribution < 1.29 is 8.95 Å². The second-order valence-electron chi connectivity index (χ2n) is 8.03. The Labute approximate surface area is 199 Å². The van der Waals surface area contributed by atoms with E-state index in [4.69, 9.17) is 4.74 Å². The van der Waals surface area contributed by atoms with Crippen LogP contribution in [0.1, 0.15) is 25.3 Å². The third-order valence-corrected chi connectivity index (χ3v) is 7.81. The lowest BCUT2D eigenvalue weighted by Crippen LogP contribution is -2.39. The molecule has 33 heavy (non-hydrogen) atoms. The molecule has 1 saturated heterocycles. The summed E-state index contributed by atoms with van der Waals surface area (Å²) < 4.78 is 19.0. The summed E-state index contributed by atoms with van der Waals surface area (Å²) in [5, 5.41) is 2.09. The molecule has 3 aromatic heterocycles. The van der Waals surface area contributed by atoms with Gasteiger partial charge in [0.15, 0.2) is 0 Å². The zero-order chi connectivity index (χ0) is 22.8. The summed E-state index contributed by atoms with van der Waals surface area (Å²) in [6.07, 6.45) is 9.89. The highest BCUT2D eigenvalue weighted by molar-refractivity contribution is 7.84. The summed E-state index contributed by atoms with van der Waals surface area (Å²) in [5.41, 5.74) is 4.12. The van der Waals surface area contributed by atoms with Crippen LogP contribution in [0.25, 0.3) is 21.3 Å². The van der Waals surface area contributed by atoms with E-state index in [1.165, 1.54) is 0 Å². The first-order valence-electron chi connectivity index (χ1n) is 11.0. The van der Waals surface area contributed by atoms with Crippen molar-refractivity contribution in [1.82, 2.24) is 19.9 Å². The lowest BCUT2D eigenvalue weighted by atomic mass is 10.1. The fraction of sp³-hybridized carbons (Fsp3) is 0.333. The van der Waals surface area contributed by atoms with Gasteiger partial charge >= 0.3 is 0 Å². The Morgan fingerprint density at radius 1 is 1.09 bits per heavy atom. The van der Waals surface area contributed by atoms with E-state index in [1.54, 1.807) is 23.9 Å². The molecule has 1 aliphatic heterocycles. The zero-order valence-corrected chi connectivity index (χ0v) is 20.2. The number of hydrogen-bond acceptors (Lipinski definition) is 8. The summed E-state index contributed by atoms with van der Waals surface area (Å²) in [6, 6.07) is 7.79. The Morgan fingerprint density at radius 2 is 1.82 bits per heavy atom. The van der Waals surface area contributed by atoms with E-state index >= 15 is 0 Å². The molecule has 4 aromatic rings. The number of benzene rings is 1. The number of hydrogen-bond donors (Lipinski definition) is 0. The van der Waals surface area contributed by atoms with Crippen LogP contribution in [0.4, 0.5) is 5.95 Å². The highest BCUT2D eigenvalue weighted by atomic mass is 32.2. The SMILES string of the molecule is CCc1cnc(N2CCC(Oc3ncnc4c(-c5ccc(S(C)=O)cc5)csc34)CC2)nc1. The average molecular weight is 480 g/mol. The van der Waals surface area contributed by atoms with E-state index in [1.807, 2.05) is 36.7 Å². The minimum atomic E-state index is -0.990. The van der Waals surface area contributed by atoms with Gasteiger partial charge in [-0.1, -0.05) is 19.1 Å². The van der Waals surface area contributed by atoms with Gasteiger partial charge in [0, 0.05) is 71.2 Å². The Bertz CT molecular complexity index is 1270. The van der Waals surface area contributed by atoms with Gasteiger partial charge in [-0.15, -0.1) is 11.3 Å². The molecule has 4 heterocycles. The summed E-state index contributed by atoms with van der Waals surface area (Å²) in [6.45, 7) is 3.81. The van der Waals surface area contributed by atoms with E-state index < -0.39 is 10.8 Å². The van der Waals surface area contributed by atoms with Crippen molar-refractivity contribution in [2.24, 2.45) is 0 Å². The summed E-state index contributed by atoms with van der Waals surface area (Å²) in [7, 11) is -0.990. The van der Waals surface area contributed by atoms with Gasteiger partial charge in [-0.05, 0) is 29.7 Å². The zero-order valence-electron chi connectivity index (χ0n) is 18.6. The first-order chi connectivity index (χ1) is 16.1. The maximum absolute atomic E-state index is 11.7. The molecule has 1 unspecified atom stereocenters. The molecule has 0 radical (unpaired) electrons. The van der Waals surface area contributed by atoms with Gasteiger partial charge in [0.1, 0.15) is 17.1 Å². The van der Waals surface area contributed by atoms with Gasteiger partial charge in [0.25, 0.3) is 0 Å². The van der Waals surface area contributed by atoms with Crippen LogP contribution in [0.3, 0.4) is 0 Å². The molecule has 1 aliphatic rings. The molecule has 0 aliphatic carbocycles. The normalized spacial score (nSPS) is 15.6. The first kappa shape index (κ1) is 21.9. The number of aryl methyl sites for hydroxylation is 1. The molecule has 1 fully saturated rings. The fourth-order valence-corrected chi connectivity index (χ4v) is 5.45. The van der Waals surface area contributed by atoms with E-state index in [-0.39, 0.29) is 6.10 Å². The van der Waals surface area contributed by atoms with Gasteiger partial charge in [0.05, 0.1) is 5.52 Å². The van der Waals surface area contributed by atoms with Crippen LogP contribution in [0.5, 0.6) is 5.88 Å². The summed E-state index contributed by atoms with van der Waals surface area (Å²) >= 11 is 1.59. The van der Waals surface area contributed by atoms with Crippen LogP contribution in [-0.2, 0) is 17.2 Å². The number of thiophene rings is 1. The topological polar surface area (TPSA) is 81.1 Å². The maximum Gasteiger partial charge on any atom is 0.235 e. The van der Waals surface area contributed by atoms with Crippen LogP contribution in [0, 0.1) is 0 Å². The lowest BCUT2D eigenvalue weighted by molar-refractivity contribution is 0.166. The largest absolute Gasteiger partial charge is 0.473 e. The van der Waals surface area contributed by atoms with E-state index in [0.717, 1.165) is 70.1 Å². The standard InChI is InChI=1S/C24H25N5O2S2/c1-3-16-12-25-24(26-13-16)29-10-8-18(9-11-29)31-23-22-21(27-15-28-23)20(14-32-22)17-4-6-19(7-5-17)33(2)30/h4-7,12-15,18H,3,8-11H2,1-2H3. The Kier molecular flexibility index (Phi) is 6.32. The summed E-state index contributed by atoms with van der Waals surface area (Å²) in [4.78, 5) is 21.0. The van der Waals surface area contributed by atoms with Crippen molar-refractivity contribution >= 4 is 38.3 Å². The second-order valence-corrected chi connectivity index (χ2v) is 10.3. The van der Waals surface area contributed by atoms with Crippen molar-refractivity contribution in [3.63, 3.8) is 0 Å². The quantitative estimate of drug-likeness (QED) is 0.403. The molecule has 1 aromatic carbocycles. The molecule has 9 heteroatoms. The number of piperidine rings is 1. The minimum Gasteiger partial charge on any atom is -0.473 e. The van der Waals surface area contributed by atoms with E-state index in [0.29, 0.717) is 5.88 Å². The number of fused-ring (bicyclic) bond motifs is 1. The van der Waals surface area contributed by atoms with Crippen LogP contribution >= 0.6 is 11.3 Å². The van der Waals surface area contributed by atoms with Gasteiger partial charge in [-0.3, -0.25) is 4.21 Å². The molecule has 0 spiro atoms. The fourth-order valence-electron chi connectivity index (χ4n) is 3.97. The van der Waals surface area contributed by atoms with Gasteiger partial charge in [-0.25, -0.2) is 19.9 Å². The molecular formula is C24H25N5O2S2. The molecule has 0 amide bonds. The van der Waals surface area contributed by atoms with E-state index in [9.17, 15) is 4.21 Å². The van der Waals surface area contributed by atoms with Crippen LogP contribution in [-0.4, -0.2) is 49.6 Å². The van der Waals surface area contributed by atoms with Crippen LogP contribution in [0.2, 0.25) is 0 Å². The number of ether oxygens (including phenoxy) is 1. The number of rotatable bonds is 6. The Balaban J connectivity index is 1.29. The van der Waals surface area contributed by atoms with Gasteiger partial charge < -0.3 is 9.64 Å². The molecule has 7 nitrogen and oxygen atoms in total. The third-order valence-electron chi connectivity index (χ3n) is 5.92. The monoisotopic (exact) mass is 479 g/mol. The smallest absolute Gasteiger partial charge is 0.235 e. The second kappa shape index (κ2) is 9.52. The number of nitrogens with zero attached hydrogens (tertiary/aromatic N) is 5. The van der Waals surface area contributed by atoms with E-state index in [2.05, 4.69) is 37.1 Å². The first-order valence-corrected chi connectivity index (χ1v) is 13.4. The minimum absolute atomic E-state index is 0.0960. The van der Waals surface area contributed by atoms with Crippen molar-refractivity contribution in [3.05, 3.63) is 53.9 Å².